The smallest absolute Gasteiger partial charge is 0.352 e. The highest BCUT2D eigenvalue weighted by Gasteiger charge is 2.32. The Kier molecular flexibility index (Phi) is 7.79. The number of nitrogens with zero attached hydrogens (tertiary/aromatic N) is 1. The summed E-state index contributed by atoms with van der Waals surface area (Å²) in [5.74, 6) is -4.21. The number of nitrogens with one attached hydrogen (secondary N) is 3. The molecule has 0 aliphatic rings. The molecule has 0 spiro atoms. The third-order valence-corrected chi connectivity index (χ3v) is 4.64. The number of halogens is 6. The second-order valence-electron chi connectivity index (χ2n) is 5.66. The van der Waals surface area contributed by atoms with Crippen LogP contribution in [0.25, 0.3) is 0 Å². The van der Waals surface area contributed by atoms with Gasteiger partial charge in [-0.1, -0.05) is 11.6 Å². The van der Waals surface area contributed by atoms with Crippen LogP contribution in [0.5, 0.6) is 0 Å². The van der Waals surface area contributed by atoms with Gasteiger partial charge in [-0.05, 0) is 31.0 Å². The van der Waals surface area contributed by atoms with Crippen LogP contribution < -0.4 is 15.4 Å². The molecule has 4 amide bonds. The zero-order valence-corrected chi connectivity index (χ0v) is 16.9. The highest BCUT2D eigenvalue weighted by Crippen LogP contribution is 2.31. The SMILES string of the molecule is CCNC(=O)c1cc(F)cc(F)c1SNC(=O)NC(=O)c1ncc(C(F)(F)F)cc1Cl. The standard InChI is InChI=1S/C17H12ClF5N4O3S/c1-2-24-14(28)9-4-8(19)5-11(20)13(9)31-27-16(30)26-15(29)12-10(18)3-7(6-25-12)17(21,22)23/h3-6H,2H2,1H3,(H,24,28)(H2,26,27,29,30). The maximum Gasteiger partial charge on any atom is 0.417 e. The molecule has 166 valence electrons. The van der Waals surface area contributed by atoms with E-state index in [1.165, 1.54) is 0 Å². The van der Waals surface area contributed by atoms with Crippen LogP contribution in [-0.2, 0) is 6.18 Å². The monoisotopic (exact) mass is 482 g/mol. The molecule has 31 heavy (non-hydrogen) atoms. The molecule has 3 N–H and O–H groups in total. The van der Waals surface area contributed by atoms with Crippen LogP contribution in [0.15, 0.2) is 29.3 Å². The molecule has 7 nitrogen and oxygen atoms in total. The minimum atomic E-state index is -4.74. The topological polar surface area (TPSA) is 100 Å². The Hall–Kier alpha value is -2.93. The number of rotatable bonds is 5. The number of pyridine rings is 1. The average Bonchev–Trinajstić information content (AvgIpc) is 2.65. The van der Waals surface area contributed by atoms with Crippen LogP contribution in [0, 0.1) is 11.6 Å². The van der Waals surface area contributed by atoms with Crippen molar-refractivity contribution < 1.29 is 36.3 Å². The Labute approximate surface area is 180 Å². The van der Waals surface area contributed by atoms with E-state index in [2.05, 4.69) is 10.3 Å². The van der Waals surface area contributed by atoms with Gasteiger partial charge in [-0.2, -0.15) is 13.2 Å². The van der Waals surface area contributed by atoms with Gasteiger partial charge in [-0.15, -0.1) is 0 Å². The van der Waals surface area contributed by atoms with E-state index < -0.39 is 62.4 Å². The molecule has 0 aliphatic carbocycles. The van der Waals surface area contributed by atoms with Gasteiger partial charge in [-0.25, -0.2) is 18.6 Å². The lowest BCUT2D eigenvalue weighted by Crippen LogP contribution is -2.37. The molecule has 0 bridgehead atoms. The summed E-state index contributed by atoms with van der Waals surface area (Å²) in [6.45, 7) is 1.75. The van der Waals surface area contributed by atoms with E-state index in [0.717, 1.165) is 6.07 Å². The minimum absolute atomic E-state index is 0.171. The van der Waals surface area contributed by atoms with Gasteiger partial charge >= 0.3 is 12.2 Å². The quantitative estimate of drug-likeness (QED) is 0.443. The maximum absolute atomic E-state index is 14.1. The van der Waals surface area contributed by atoms with Crippen molar-refractivity contribution in [3.8, 4) is 0 Å². The zero-order chi connectivity index (χ0) is 23.3. The Morgan fingerprint density at radius 1 is 1.13 bits per heavy atom. The normalized spacial score (nSPS) is 11.1. The van der Waals surface area contributed by atoms with Gasteiger partial charge in [0, 0.05) is 18.8 Å². The number of benzene rings is 1. The first-order chi connectivity index (χ1) is 14.4. The number of aromatic nitrogens is 1. The molecule has 0 radical (unpaired) electrons. The summed E-state index contributed by atoms with van der Waals surface area (Å²) < 4.78 is 67.4. The van der Waals surface area contributed by atoms with Crippen molar-refractivity contribution in [1.29, 1.82) is 0 Å². The molecular weight excluding hydrogens is 471 g/mol. The Balaban J connectivity index is 2.11. The lowest BCUT2D eigenvalue weighted by molar-refractivity contribution is -0.137. The lowest BCUT2D eigenvalue weighted by atomic mass is 10.2. The van der Waals surface area contributed by atoms with Crippen molar-refractivity contribution in [3.05, 3.63) is 57.9 Å². The van der Waals surface area contributed by atoms with E-state index in [9.17, 15) is 36.3 Å². The van der Waals surface area contributed by atoms with Gasteiger partial charge in [0.05, 0.1) is 21.0 Å². The fraction of sp³-hybridized carbons (Fsp3) is 0.176. The summed E-state index contributed by atoms with van der Waals surface area (Å²) in [6, 6.07) is 0.482. The van der Waals surface area contributed by atoms with E-state index >= 15 is 0 Å². The zero-order valence-electron chi connectivity index (χ0n) is 15.4. The van der Waals surface area contributed by atoms with Gasteiger partial charge in [0.2, 0.25) is 0 Å². The second kappa shape index (κ2) is 9.92. The molecule has 0 fully saturated rings. The molecule has 0 saturated carbocycles. The van der Waals surface area contributed by atoms with Crippen LogP contribution in [0.1, 0.15) is 33.3 Å². The van der Waals surface area contributed by atoms with Crippen molar-refractivity contribution in [3.63, 3.8) is 0 Å². The number of imide groups is 1. The van der Waals surface area contributed by atoms with Crippen LogP contribution in [0.4, 0.5) is 26.7 Å². The largest absolute Gasteiger partial charge is 0.417 e. The van der Waals surface area contributed by atoms with Gasteiger partial charge < -0.3 is 5.32 Å². The number of urea groups is 1. The van der Waals surface area contributed by atoms with Crippen LogP contribution in [0.3, 0.4) is 0 Å². The highest BCUT2D eigenvalue weighted by atomic mass is 35.5. The van der Waals surface area contributed by atoms with Crippen LogP contribution in [0.2, 0.25) is 5.02 Å². The number of alkyl halides is 3. The number of carbonyl (C=O) groups excluding carboxylic acids is 3. The summed E-state index contributed by atoms with van der Waals surface area (Å²) >= 11 is 5.89. The molecule has 2 aromatic rings. The van der Waals surface area contributed by atoms with Crippen molar-refractivity contribution >= 4 is 41.4 Å². The molecule has 14 heteroatoms. The average molecular weight is 483 g/mol. The first kappa shape index (κ1) is 24.3. The first-order valence-corrected chi connectivity index (χ1v) is 9.41. The Morgan fingerprint density at radius 3 is 2.39 bits per heavy atom. The van der Waals surface area contributed by atoms with E-state index in [4.69, 9.17) is 11.6 Å². The summed E-state index contributed by atoms with van der Waals surface area (Å²) in [7, 11) is 0. The number of amides is 4. The van der Waals surface area contributed by atoms with Crippen molar-refractivity contribution in [2.45, 2.75) is 18.0 Å². The molecule has 1 heterocycles. The summed E-state index contributed by atoms with van der Waals surface area (Å²) in [6.07, 6.45) is -4.37. The third-order valence-electron chi connectivity index (χ3n) is 3.45. The van der Waals surface area contributed by atoms with E-state index in [0.29, 0.717) is 18.3 Å². The molecule has 0 atom stereocenters. The fourth-order valence-corrected chi connectivity index (χ4v) is 3.05. The number of carbonyl (C=O) groups is 3. The highest BCUT2D eigenvalue weighted by molar-refractivity contribution is 7.98. The summed E-state index contributed by atoms with van der Waals surface area (Å²) in [4.78, 5) is 38.8. The number of hydrogen-bond acceptors (Lipinski definition) is 5. The van der Waals surface area contributed by atoms with E-state index in [-0.39, 0.29) is 18.5 Å². The first-order valence-electron chi connectivity index (χ1n) is 8.22. The summed E-state index contributed by atoms with van der Waals surface area (Å²) in [5.41, 5.74) is -2.26. The van der Waals surface area contributed by atoms with Crippen LogP contribution >= 0.6 is 23.5 Å². The van der Waals surface area contributed by atoms with E-state index in [1.54, 1.807) is 12.2 Å². The van der Waals surface area contributed by atoms with Gasteiger partial charge in [-0.3, -0.25) is 19.6 Å². The van der Waals surface area contributed by atoms with Crippen molar-refractivity contribution in [2.75, 3.05) is 6.54 Å². The Morgan fingerprint density at radius 2 is 1.81 bits per heavy atom. The molecule has 1 aromatic carbocycles. The van der Waals surface area contributed by atoms with E-state index in [1.807, 2.05) is 4.72 Å². The fourth-order valence-electron chi connectivity index (χ4n) is 2.13. The molecule has 2 rings (SSSR count). The minimum Gasteiger partial charge on any atom is -0.352 e. The predicted octanol–water partition coefficient (Wildman–Crippen LogP) is 3.93. The molecular formula is C17H12ClF5N4O3S. The molecule has 1 aromatic heterocycles. The van der Waals surface area contributed by atoms with Gasteiger partial charge in [0.1, 0.15) is 17.3 Å². The van der Waals surface area contributed by atoms with Gasteiger partial charge in [0.15, 0.2) is 0 Å². The third kappa shape index (κ3) is 6.28. The summed E-state index contributed by atoms with van der Waals surface area (Å²) in [5, 5.41) is 3.43. The molecule has 0 aliphatic heterocycles. The Bertz CT molecular complexity index is 1040. The molecule has 0 unspecified atom stereocenters. The second-order valence-corrected chi connectivity index (χ2v) is 6.89. The maximum atomic E-state index is 14.1. The lowest BCUT2D eigenvalue weighted by Gasteiger charge is -2.12. The number of hydrogen-bond donors (Lipinski definition) is 3. The van der Waals surface area contributed by atoms with Gasteiger partial charge in [0.25, 0.3) is 11.8 Å². The van der Waals surface area contributed by atoms with Crippen molar-refractivity contribution in [1.82, 2.24) is 20.3 Å². The predicted molar refractivity (Wildman–Crippen MR) is 100 cm³/mol. The molecule has 0 saturated heterocycles. The van der Waals surface area contributed by atoms with Crippen LogP contribution in [-0.4, -0.2) is 29.4 Å². The van der Waals surface area contributed by atoms with Crippen molar-refractivity contribution in [2.24, 2.45) is 0 Å².